The number of hydrogen-bond donors (Lipinski definition) is 2. The summed E-state index contributed by atoms with van der Waals surface area (Å²) in [6, 6.07) is 0. The molecule has 0 atom stereocenters. The number of rotatable bonds is 7. The Kier molecular flexibility index (Phi) is 5.78. The molecule has 0 saturated carbocycles. The lowest BCUT2D eigenvalue weighted by Crippen LogP contribution is -2.19. The van der Waals surface area contributed by atoms with E-state index in [2.05, 4.69) is 0 Å². The van der Waals surface area contributed by atoms with Crippen LogP contribution in [0.25, 0.3) is 0 Å². The van der Waals surface area contributed by atoms with E-state index in [9.17, 15) is 9.59 Å². The molecule has 0 aromatic heterocycles. The summed E-state index contributed by atoms with van der Waals surface area (Å²) in [5, 5.41) is 17.6. The molecule has 2 N–H and O–H groups in total. The molecule has 0 aliphatic heterocycles. The van der Waals surface area contributed by atoms with Crippen LogP contribution in [0.15, 0.2) is 11.6 Å². The molecule has 0 aliphatic carbocycles. The molecule has 0 unspecified atom stereocenters. The maximum Gasteiger partial charge on any atom is 0.342 e. The van der Waals surface area contributed by atoms with E-state index >= 15 is 0 Å². The SMILES string of the molecule is CCCC(C)(C=C(C(=O)O)C(=O)O)CCC. The van der Waals surface area contributed by atoms with Crippen molar-refractivity contribution in [2.45, 2.75) is 46.5 Å². The second-order valence-corrected chi connectivity index (χ2v) is 4.32. The smallest absolute Gasteiger partial charge is 0.342 e. The van der Waals surface area contributed by atoms with Gasteiger partial charge < -0.3 is 10.2 Å². The van der Waals surface area contributed by atoms with Crippen molar-refractivity contribution in [2.75, 3.05) is 0 Å². The Balaban J connectivity index is 5.12. The molecular formula is C12H20O4. The van der Waals surface area contributed by atoms with Gasteiger partial charge >= 0.3 is 11.9 Å². The van der Waals surface area contributed by atoms with Crippen LogP contribution in [-0.4, -0.2) is 22.2 Å². The summed E-state index contributed by atoms with van der Waals surface area (Å²) in [6.07, 6.45) is 4.79. The Bertz CT molecular complexity index is 269. The van der Waals surface area contributed by atoms with E-state index in [-0.39, 0.29) is 5.41 Å². The molecule has 0 bridgehead atoms. The molecule has 4 heteroatoms. The highest BCUT2D eigenvalue weighted by atomic mass is 16.4. The predicted molar refractivity (Wildman–Crippen MR) is 61.3 cm³/mol. The van der Waals surface area contributed by atoms with Crippen molar-refractivity contribution in [3.05, 3.63) is 11.6 Å². The number of carbonyl (C=O) groups is 2. The number of carboxylic acids is 2. The first kappa shape index (κ1) is 14.7. The van der Waals surface area contributed by atoms with Gasteiger partial charge in [-0.25, -0.2) is 9.59 Å². The molecule has 0 radical (unpaired) electrons. The Hall–Kier alpha value is -1.32. The van der Waals surface area contributed by atoms with Gasteiger partial charge in [0.05, 0.1) is 0 Å². The normalized spacial score (nSPS) is 10.9. The lowest BCUT2D eigenvalue weighted by Gasteiger charge is -2.25. The summed E-state index contributed by atoms with van der Waals surface area (Å²) >= 11 is 0. The summed E-state index contributed by atoms with van der Waals surface area (Å²) in [5.41, 5.74) is -0.861. The molecule has 0 amide bonds. The van der Waals surface area contributed by atoms with Gasteiger partial charge in [-0.15, -0.1) is 0 Å². The van der Waals surface area contributed by atoms with Crippen LogP contribution in [0, 0.1) is 5.41 Å². The van der Waals surface area contributed by atoms with Gasteiger partial charge in [-0.1, -0.05) is 39.7 Å². The second kappa shape index (κ2) is 6.30. The lowest BCUT2D eigenvalue weighted by molar-refractivity contribution is -0.140. The summed E-state index contributed by atoms with van der Waals surface area (Å²) < 4.78 is 0. The molecular weight excluding hydrogens is 208 g/mol. The first-order chi connectivity index (χ1) is 7.36. The topological polar surface area (TPSA) is 74.6 Å². The largest absolute Gasteiger partial charge is 0.477 e. The molecule has 0 aromatic rings. The monoisotopic (exact) mass is 228 g/mol. The number of carboxylic acid groups (broad SMARTS) is 2. The molecule has 0 saturated heterocycles. The van der Waals surface area contributed by atoms with Gasteiger partial charge in [-0.05, 0) is 18.3 Å². The van der Waals surface area contributed by atoms with Gasteiger partial charge in [-0.2, -0.15) is 0 Å². The maximum atomic E-state index is 10.8. The first-order valence-electron chi connectivity index (χ1n) is 5.55. The van der Waals surface area contributed by atoms with E-state index in [0.717, 1.165) is 25.7 Å². The predicted octanol–water partition coefficient (Wildman–Crippen LogP) is 2.69. The Morgan fingerprint density at radius 1 is 1.06 bits per heavy atom. The average molecular weight is 228 g/mol. The minimum absolute atomic E-state index is 0.338. The van der Waals surface area contributed by atoms with E-state index in [4.69, 9.17) is 10.2 Å². The van der Waals surface area contributed by atoms with Gasteiger partial charge in [0.2, 0.25) is 0 Å². The van der Waals surface area contributed by atoms with Crippen LogP contribution in [0.4, 0.5) is 0 Å². The van der Waals surface area contributed by atoms with Crippen molar-refractivity contribution >= 4 is 11.9 Å². The van der Waals surface area contributed by atoms with Crippen molar-refractivity contribution in [1.29, 1.82) is 0 Å². The van der Waals surface area contributed by atoms with E-state index in [1.165, 1.54) is 6.08 Å². The summed E-state index contributed by atoms with van der Waals surface area (Å²) in [5.74, 6) is -2.74. The zero-order chi connectivity index (χ0) is 12.8. The summed E-state index contributed by atoms with van der Waals surface area (Å²) in [4.78, 5) is 21.6. The highest BCUT2D eigenvalue weighted by Gasteiger charge is 2.25. The number of aliphatic carboxylic acids is 2. The molecule has 0 heterocycles. The van der Waals surface area contributed by atoms with Crippen LogP contribution in [0.5, 0.6) is 0 Å². The lowest BCUT2D eigenvalue weighted by atomic mass is 9.80. The second-order valence-electron chi connectivity index (χ2n) is 4.32. The zero-order valence-corrected chi connectivity index (χ0v) is 10.1. The van der Waals surface area contributed by atoms with E-state index in [1.807, 2.05) is 20.8 Å². The highest BCUT2D eigenvalue weighted by molar-refractivity contribution is 6.12. The molecule has 4 nitrogen and oxygen atoms in total. The minimum Gasteiger partial charge on any atom is -0.477 e. The standard InChI is InChI=1S/C12H20O4/c1-4-6-12(3,7-5-2)8-9(10(13)14)11(15)16/h8H,4-7H2,1-3H3,(H,13,14)(H,15,16). The molecule has 0 aromatic carbocycles. The van der Waals surface area contributed by atoms with Crippen molar-refractivity contribution < 1.29 is 19.8 Å². The molecule has 0 rings (SSSR count). The highest BCUT2D eigenvalue weighted by Crippen LogP contribution is 2.32. The molecule has 0 fully saturated rings. The number of allylic oxidation sites excluding steroid dienone is 1. The van der Waals surface area contributed by atoms with Crippen LogP contribution < -0.4 is 0 Å². The first-order valence-corrected chi connectivity index (χ1v) is 5.55. The van der Waals surface area contributed by atoms with E-state index in [1.54, 1.807) is 0 Å². The van der Waals surface area contributed by atoms with Crippen molar-refractivity contribution in [3.63, 3.8) is 0 Å². The minimum atomic E-state index is -1.37. The summed E-state index contributed by atoms with van der Waals surface area (Å²) in [7, 11) is 0. The van der Waals surface area contributed by atoms with E-state index in [0.29, 0.717) is 0 Å². The fourth-order valence-electron chi connectivity index (χ4n) is 1.97. The van der Waals surface area contributed by atoms with Gasteiger partial charge in [0, 0.05) is 0 Å². The quantitative estimate of drug-likeness (QED) is 0.399. The Morgan fingerprint density at radius 3 is 1.69 bits per heavy atom. The molecule has 92 valence electrons. The molecule has 0 spiro atoms. The van der Waals surface area contributed by atoms with Gasteiger partial charge in [0.25, 0.3) is 0 Å². The molecule has 16 heavy (non-hydrogen) atoms. The van der Waals surface area contributed by atoms with Crippen LogP contribution in [0.1, 0.15) is 46.5 Å². The van der Waals surface area contributed by atoms with Gasteiger partial charge in [0.1, 0.15) is 5.57 Å². The van der Waals surface area contributed by atoms with Crippen LogP contribution in [-0.2, 0) is 9.59 Å². The van der Waals surface area contributed by atoms with Crippen molar-refractivity contribution in [3.8, 4) is 0 Å². The third-order valence-corrected chi connectivity index (χ3v) is 2.60. The van der Waals surface area contributed by atoms with Crippen LogP contribution in [0.3, 0.4) is 0 Å². The van der Waals surface area contributed by atoms with Crippen molar-refractivity contribution in [2.24, 2.45) is 5.41 Å². The molecule has 0 aliphatic rings. The maximum absolute atomic E-state index is 10.8. The Morgan fingerprint density at radius 2 is 1.44 bits per heavy atom. The number of hydrogen-bond acceptors (Lipinski definition) is 2. The van der Waals surface area contributed by atoms with Crippen LogP contribution >= 0.6 is 0 Å². The fourth-order valence-corrected chi connectivity index (χ4v) is 1.97. The van der Waals surface area contributed by atoms with E-state index < -0.39 is 17.5 Å². The third kappa shape index (κ3) is 4.47. The fraction of sp³-hybridized carbons (Fsp3) is 0.667. The summed E-state index contributed by atoms with van der Waals surface area (Å²) in [6.45, 7) is 5.91. The van der Waals surface area contributed by atoms with Gasteiger partial charge in [0.15, 0.2) is 0 Å². The zero-order valence-electron chi connectivity index (χ0n) is 10.1. The Labute approximate surface area is 96.0 Å². The van der Waals surface area contributed by atoms with Crippen LogP contribution in [0.2, 0.25) is 0 Å². The van der Waals surface area contributed by atoms with Crippen molar-refractivity contribution in [1.82, 2.24) is 0 Å². The van der Waals surface area contributed by atoms with Gasteiger partial charge in [-0.3, -0.25) is 0 Å². The third-order valence-electron chi connectivity index (χ3n) is 2.60. The average Bonchev–Trinajstić information content (AvgIpc) is 2.14.